The molecular formula is C34H38ClF4N3O5. The van der Waals surface area contributed by atoms with Crippen molar-refractivity contribution in [2.24, 2.45) is 5.92 Å². The van der Waals surface area contributed by atoms with Gasteiger partial charge in [-0.25, -0.2) is 9.18 Å². The van der Waals surface area contributed by atoms with Crippen molar-refractivity contribution in [2.45, 2.75) is 44.0 Å². The van der Waals surface area contributed by atoms with Gasteiger partial charge in [-0.15, -0.1) is 0 Å². The number of alkyl carbamates (subject to hydrolysis) is 1. The molecule has 0 bridgehead atoms. The van der Waals surface area contributed by atoms with Crippen LogP contribution in [0.25, 0.3) is 11.1 Å². The van der Waals surface area contributed by atoms with Gasteiger partial charge in [0.05, 0.1) is 30.9 Å². The molecule has 254 valence electrons. The molecule has 0 spiro atoms. The van der Waals surface area contributed by atoms with Crippen LogP contribution < -0.4 is 15.4 Å². The van der Waals surface area contributed by atoms with Crippen molar-refractivity contribution in [1.29, 1.82) is 0 Å². The SMILES string of the molecule is CNCc1ccc(C(=O)N2CCCC(C(O)(CCCNC(=O)OC)c3cccc(Cl)c3-c3cc(C(F)(F)F)ccc3OC)C2)c(F)c1. The topological polar surface area (TPSA) is 100 Å². The number of likely N-dealkylation sites (tertiary alicyclic amines) is 1. The molecule has 8 nitrogen and oxygen atoms in total. The molecule has 1 aliphatic heterocycles. The molecule has 0 radical (unpaired) electrons. The van der Waals surface area contributed by atoms with Gasteiger partial charge in [0.15, 0.2) is 0 Å². The molecule has 1 saturated heterocycles. The van der Waals surface area contributed by atoms with Gasteiger partial charge in [-0.1, -0.05) is 29.8 Å². The van der Waals surface area contributed by atoms with Crippen molar-refractivity contribution >= 4 is 23.6 Å². The Balaban J connectivity index is 1.79. The van der Waals surface area contributed by atoms with Gasteiger partial charge in [0.1, 0.15) is 11.6 Å². The van der Waals surface area contributed by atoms with E-state index in [1.165, 1.54) is 43.4 Å². The molecule has 0 aromatic heterocycles. The number of methoxy groups -OCH3 is 2. The van der Waals surface area contributed by atoms with Crippen LogP contribution in [-0.2, 0) is 23.1 Å². The van der Waals surface area contributed by atoms with Crippen LogP contribution in [0.3, 0.4) is 0 Å². The molecule has 1 aliphatic rings. The molecule has 47 heavy (non-hydrogen) atoms. The smallest absolute Gasteiger partial charge is 0.416 e. The summed E-state index contributed by atoms with van der Waals surface area (Å²) >= 11 is 6.71. The molecule has 0 saturated carbocycles. The molecule has 1 fully saturated rings. The Bertz CT molecular complexity index is 1590. The van der Waals surface area contributed by atoms with E-state index in [4.69, 9.17) is 16.3 Å². The normalized spacial score (nSPS) is 16.4. The number of hydrogen-bond donors (Lipinski definition) is 3. The summed E-state index contributed by atoms with van der Waals surface area (Å²) in [4.78, 5) is 26.8. The first kappa shape index (κ1) is 36.0. The number of hydrogen-bond acceptors (Lipinski definition) is 6. The molecule has 3 N–H and O–H groups in total. The zero-order chi connectivity index (χ0) is 34.4. The molecule has 3 aromatic carbocycles. The van der Waals surface area contributed by atoms with Gasteiger partial charge < -0.3 is 30.1 Å². The number of nitrogens with one attached hydrogen (secondary N) is 2. The molecule has 1 heterocycles. The van der Waals surface area contributed by atoms with E-state index in [-0.39, 0.29) is 59.0 Å². The van der Waals surface area contributed by atoms with Crippen molar-refractivity contribution in [3.63, 3.8) is 0 Å². The second kappa shape index (κ2) is 15.4. The predicted octanol–water partition coefficient (Wildman–Crippen LogP) is 6.77. The number of nitrogens with zero attached hydrogens (tertiary/aromatic N) is 1. The van der Waals surface area contributed by atoms with Crippen molar-refractivity contribution in [3.05, 3.63) is 87.7 Å². The fourth-order valence-corrected chi connectivity index (χ4v) is 6.46. The lowest BCUT2D eigenvalue weighted by atomic mass is 9.72. The molecule has 0 aliphatic carbocycles. The van der Waals surface area contributed by atoms with Crippen LogP contribution in [0.5, 0.6) is 5.75 Å². The van der Waals surface area contributed by atoms with E-state index in [1.54, 1.807) is 25.2 Å². The summed E-state index contributed by atoms with van der Waals surface area (Å²) in [5, 5.41) is 18.3. The number of piperidine rings is 1. The minimum atomic E-state index is -4.66. The maximum absolute atomic E-state index is 15.1. The van der Waals surface area contributed by atoms with Gasteiger partial charge in [0, 0.05) is 48.2 Å². The molecular weight excluding hydrogens is 642 g/mol. The Labute approximate surface area is 276 Å². The summed E-state index contributed by atoms with van der Waals surface area (Å²) in [6, 6.07) is 12.1. The average Bonchev–Trinajstić information content (AvgIpc) is 3.05. The summed E-state index contributed by atoms with van der Waals surface area (Å²) in [5.41, 5.74) is -1.70. The lowest BCUT2D eigenvalue weighted by Crippen LogP contribution is -2.48. The third-order valence-corrected chi connectivity index (χ3v) is 8.81. The minimum absolute atomic E-state index is 0.0292. The number of alkyl halides is 3. The van der Waals surface area contributed by atoms with Crippen LogP contribution in [0, 0.1) is 11.7 Å². The van der Waals surface area contributed by atoms with Gasteiger partial charge >= 0.3 is 12.3 Å². The second-order valence-electron chi connectivity index (χ2n) is 11.5. The third kappa shape index (κ3) is 8.17. The third-order valence-electron chi connectivity index (χ3n) is 8.49. The van der Waals surface area contributed by atoms with E-state index in [0.29, 0.717) is 31.5 Å². The quantitative estimate of drug-likeness (QED) is 0.153. The highest BCUT2D eigenvalue weighted by molar-refractivity contribution is 6.33. The maximum atomic E-state index is 15.1. The minimum Gasteiger partial charge on any atom is -0.496 e. The Morgan fingerprint density at radius 2 is 1.87 bits per heavy atom. The van der Waals surface area contributed by atoms with Gasteiger partial charge in [-0.05, 0) is 80.3 Å². The average molecular weight is 680 g/mol. The molecule has 2 atom stereocenters. The van der Waals surface area contributed by atoms with E-state index in [2.05, 4.69) is 15.4 Å². The molecule has 3 aromatic rings. The Hall–Kier alpha value is -3.87. The number of rotatable bonds is 11. The number of benzene rings is 3. The summed E-state index contributed by atoms with van der Waals surface area (Å²) in [5.74, 6) is -1.73. The van der Waals surface area contributed by atoms with E-state index >= 15 is 4.39 Å². The molecule has 2 amide bonds. The number of ether oxygens (including phenoxy) is 2. The van der Waals surface area contributed by atoms with E-state index < -0.39 is 41.1 Å². The zero-order valence-electron chi connectivity index (χ0n) is 26.3. The highest BCUT2D eigenvalue weighted by Crippen LogP contribution is 2.48. The summed E-state index contributed by atoms with van der Waals surface area (Å²) in [6.45, 7) is 0.894. The van der Waals surface area contributed by atoms with Crippen LogP contribution in [-0.4, -0.2) is 62.9 Å². The van der Waals surface area contributed by atoms with Crippen LogP contribution in [0.2, 0.25) is 5.02 Å². The number of carbonyl (C=O) groups is 2. The Kier molecular flexibility index (Phi) is 11.8. The van der Waals surface area contributed by atoms with Crippen LogP contribution in [0.1, 0.15) is 52.7 Å². The van der Waals surface area contributed by atoms with Crippen molar-refractivity contribution in [1.82, 2.24) is 15.5 Å². The monoisotopic (exact) mass is 679 g/mol. The highest BCUT2D eigenvalue weighted by atomic mass is 35.5. The maximum Gasteiger partial charge on any atom is 0.416 e. The van der Waals surface area contributed by atoms with E-state index in [9.17, 15) is 27.9 Å². The number of carbonyl (C=O) groups excluding carboxylic acids is 2. The molecule has 2 unspecified atom stereocenters. The molecule has 4 rings (SSSR count). The van der Waals surface area contributed by atoms with Crippen molar-refractivity contribution < 1.29 is 41.7 Å². The number of amides is 2. The first-order valence-electron chi connectivity index (χ1n) is 15.1. The Morgan fingerprint density at radius 1 is 1.11 bits per heavy atom. The summed E-state index contributed by atoms with van der Waals surface area (Å²) in [6.07, 6.45) is -4.14. The van der Waals surface area contributed by atoms with Gasteiger partial charge in [-0.3, -0.25) is 4.79 Å². The first-order valence-corrected chi connectivity index (χ1v) is 15.5. The standard InChI is InChI=1S/C34H38ClF4N3O5/c1-40-19-21-10-12-24(28(36)17-21)31(43)42-16-5-7-23(20-42)33(45,14-6-15-41-32(44)47-3)26-8-4-9-27(35)30(26)25-18-22(34(37,38)39)11-13-29(25)46-2/h4,8-13,17-18,23,40,45H,5-7,14-16,19-20H2,1-3H3,(H,41,44). The fraction of sp³-hybridized carbons (Fsp3) is 0.412. The lowest BCUT2D eigenvalue weighted by Gasteiger charge is -2.44. The van der Waals surface area contributed by atoms with Crippen molar-refractivity contribution in [2.75, 3.05) is 40.9 Å². The summed E-state index contributed by atoms with van der Waals surface area (Å²) in [7, 11) is 4.27. The predicted molar refractivity (Wildman–Crippen MR) is 170 cm³/mol. The largest absolute Gasteiger partial charge is 0.496 e. The number of aliphatic hydroxyl groups is 1. The molecule has 13 heteroatoms. The van der Waals surface area contributed by atoms with Crippen molar-refractivity contribution in [3.8, 4) is 16.9 Å². The zero-order valence-corrected chi connectivity index (χ0v) is 27.1. The fourth-order valence-electron chi connectivity index (χ4n) is 6.19. The lowest BCUT2D eigenvalue weighted by molar-refractivity contribution is -0.137. The van der Waals surface area contributed by atoms with Gasteiger partial charge in [0.2, 0.25) is 0 Å². The second-order valence-corrected chi connectivity index (χ2v) is 11.9. The van der Waals surface area contributed by atoms with Crippen LogP contribution in [0.15, 0.2) is 54.6 Å². The Morgan fingerprint density at radius 3 is 2.53 bits per heavy atom. The van der Waals surface area contributed by atoms with Gasteiger partial charge in [0.25, 0.3) is 5.91 Å². The number of halogens is 5. The summed E-state index contributed by atoms with van der Waals surface area (Å²) < 4.78 is 66.7. The van der Waals surface area contributed by atoms with E-state index in [1.807, 2.05) is 0 Å². The first-order chi connectivity index (χ1) is 22.3. The van der Waals surface area contributed by atoms with Crippen LogP contribution in [0.4, 0.5) is 22.4 Å². The van der Waals surface area contributed by atoms with Gasteiger partial charge in [-0.2, -0.15) is 13.2 Å². The van der Waals surface area contributed by atoms with Crippen LogP contribution >= 0.6 is 11.6 Å². The van der Waals surface area contributed by atoms with E-state index in [0.717, 1.165) is 12.1 Å². The highest BCUT2D eigenvalue weighted by Gasteiger charge is 2.44.